The first-order chi connectivity index (χ1) is 6.02. The van der Waals surface area contributed by atoms with E-state index in [1.165, 1.54) is 0 Å². The minimum atomic E-state index is -0.955. The Labute approximate surface area is 79.3 Å². The van der Waals surface area contributed by atoms with Crippen molar-refractivity contribution in [2.45, 2.75) is 50.8 Å². The zero-order valence-corrected chi connectivity index (χ0v) is 8.30. The molecule has 0 spiro atoms. The number of aliphatic hydroxyl groups excluding tert-OH is 1. The molecule has 0 saturated heterocycles. The lowest BCUT2D eigenvalue weighted by Crippen LogP contribution is -2.50. The molecular formula is C9H21FN2O. The molecule has 0 aliphatic heterocycles. The maximum atomic E-state index is 11.9. The minimum absolute atomic E-state index is 0.159. The number of aliphatic hydroxyl groups is 1. The molecule has 0 heterocycles. The van der Waals surface area contributed by atoms with Crippen molar-refractivity contribution < 1.29 is 9.50 Å². The molecule has 4 heteroatoms. The predicted octanol–water partition coefficient (Wildman–Crippen LogP) is 0.901. The monoisotopic (exact) mass is 192 g/mol. The van der Waals surface area contributed by atoms with Gasteiger partial charge in [0.1, 0.15) is 0 Å². The van der Waals surface area contributed by atoms with E-state index >= 15 is 0 Å². The fourth-order valence-electron chi connectivity index (χ4n) is 1.21. The fourth-order valence-corrected chi connectivity index (χ4v) is 1.21. The van der Waals surface area contributed by atoms with Crippen molar-refractivity contribution in [2.24, 2.45) is 11.5 Å². The molecule has 0 rings (SSSR count). The summed E-state index contributed by atoms with van der Waals surface area (Å²) in [5.41, 5.74) is 10.2. The third-order valence-electron chi connectivity index (χ3n) is 2.12. The Bertz CT molecular complexity index is 131. The number of halogens is 1. The maximum Gasteiger partial charge on any atom is 0.0924 e. The molecule has 5 N–H and O–H groups in total. The third-order valence-corrected chi connectivity index (χ3v) is 2.12. The maximum absolute atomic E-state index is 11.9. The normalized spacial score (nSPS) is 14.5. The summed E-state index contributed by atoms with van der Waals surface area (Å²) in [4.78, 5) is 0. The van der Waals surface area contributed by atoms with Gasteiger partial charge in [-0.25, -0.2) is 0 Å². The Morgan fingerprint density at radius 2 is 1.92 bits per heavy atom. The van der Waals surface area contributed by atoms with E-state index in [4.69, 9.17) is 11.5 Å². The summed E-state index contributed by atoms with van der Waals surface area (Å²) in [6.07, 6.45) is 2.53. The van der Waals surface area contributed by atoms with Crippen LogP contribution < -0.4 is 11.5 Å². The van der Waals surface area contributed by atoms with Crippen LogP contribution in [0.5, 0.6) is 0 Å². The van der Waals surface area contributed by atoms with Crippen LogP contribution in [0.25, 0.3) is 0 Å². The van der Waals surface area contributed by atoms with Crippen molar-refractivity contribution in [1.82, 2.24) is 0 Å². The zero-order chi connectivity index (χ0) is 10.3. The van der Waals surface area contributed by atoms with Crippen LogP contribution in [0.1, 0.15) is 39.0 Å². The number of rotatable bonds is 7. The largest absolute Gasteiger partial charge is 0.393 e. The Kier molecular flexibility index (Phi) is 6.20. The van der Waals surface area contributed by atoms with Gasteiger partial charge in [-0.2, -0.15) is 0 Å². The smallest absolute Gasteiger partial charge is 0.0924 e. The Hall–Kier alpha value is -0.190. The van der Waals surface area contributed by atoms with Crippen LogP contribution in [0, 0.1) is 0 Å². The van der Waals surface area contributed by atoms with E-state index in [-0.39, 0.29) is 12.5 Å². The van der Waals surface area contributed by atoms with Gasteiger partial charge < -0.3 is 16.6 Å². The number of nitrogens with two attached hydrogens (primary N) is 2. The van der Waals surface area contributed by atoms with Crippen LogP contribution in [0.15, 0.2) is 0 Å². The molecular weight excluding hydrogens is 171 g/mol. The Morgan fingerprint density at radius 1 is 1.31 bits per heavy atom. The summed E-state index contributed by atoms with van der Waals surface area (Å²) in [6, 6.07) is 0. The van der Waals surface area contributed by atoms with Crippen LogP contribution in [-0.2, 0) is 0 Å². The van der Waals surface area contributed by atoms with Crippen molar-refractivity contribution >= 4 is 0 Å². The van der Waals surface area contributed by atoms with Gasteiger partial charge in [-0.05, 0) is 19.3 Å². The van der Waals surface area contributed by atoms with E-state index < -0.39 is 12.3 Å². The first-order valence-electron chi connectivity index (χ1n) is 4.83. The molecule has 0 aromatic heterocycles. The molecule has 80 valence electrons. The van der Waals surface area contributed by atoms with E-state index in [0.29, 0.717) is 12.8 Å². The van der Waals surface area contributed by atoms with E-state index in [1.54, 1.807) is 0 Å². The molecule has 0 aromatic rings. The Morgan fingerprint density at radius 3 is 2.38 bits per heavy atom. The van der Waals surface area contributed by atoms with E-state index in [0.717, 1.165) is 12.8 Å². The van der Waals surface area contributed by atoms with Gasteiger partial charge in [0, 0.05) is 6.42 Å². The number of hydrogen-bond acceptors (Lipinski definition) is 3. The van der Waals surface area contributed by atoms with Gasteiger partial charge in [0.2, 0.25) is 0 Å². The standard InChI is InChI=1S/C9H21FN2O/c1-2-3-8(13)4-5-9(11,12)6-7-10/h8,13H,2-7,11-12H2,1H3. The van der Waals surface area contributed by atoms with Gasteiger partial charge in [0.25, 0.3) is 0 Å². The summed E-state index contributed by atoms with van der Waals surface area (Å²) in [7, 11) is 0. The molecule has 0 fully saturated rings. The highest BCUT2D eigenvalue weighted by molar-refractivity contribution is 4.77. The lowest BCUT2D eigenvalue weighted by molar-refractivity contribution is 0.138. The SMILES string of the molecule is CCCC(O)CCC(N)(N)CCF. The summed E-state index contributed by atoms with van der Waals surface area (Å²) >= 11 is 0. The molecule has 3 nitrogen and oxygen atoms in total. The highest BCUT2D eigenvalue weighted by Crippen LogP contribution is 2.12. The molecule has 13 heavy (non-hydrogen) atoms. The van der Waals surface area contributed by atoms with Crippen LogP contribution >= 0.6 is 0 Å². The van der Waals surface area contributed by atoms with Gasteiger partial charge in [-0.1, -0.05) is 13.3 Å². The van der Waals surface area contributed by atoms with E-state index in [9.17, 15) is 9.50 Å². The zero-order valence-electron chi connectivity index (χ0n) is 8.30. The third kappa shape index (κ3) is 6.93. The molecule has 0 saturated carbocycles. The van der Waals surface area contributed by atoms with E-state index in [2.05, 4.69) is 0 Å². The van der Waals surface area contributed by atoms with Crippen LogP contribution in [0.2, 0.25) is 0 Å². The Balaban J connectivity index is 3.60. The quantitative estimate of drug-likeness (QED) is 0.525. The topological polar surface area (TPSA) is 72.3 Å². The highest BCUT2D eigenvalue weighted by atomic mass is 19.1. The van der Waals surface area contributed by atoms with Crippen LogP contribution in [0.3, 0.4) is 0 Å². The van der Waals surface area contributed by atoms with Crippen molar-refractivity contribution in [1.29, 1.82) is 0 Å². The molecule has 0 aliphatic rings. The minimum Gasteiger partial charge on any atom is -0.393 e. The summed E-state index contributed by atoms with van der Waals surface area (Å²) in [5, 5.41) is 9.38. The number of alkyl halides is 1. The average molecular weight is 192 g/mol. The lowest BCUT2D eigenvalue weighted by Gasteiger charge is -2.24. The first-order valence-corrected chi connectivity index (χ1v) is 4.83. The molecule has 1 unspecified atom stereocenters. The van der Waals surface area contributed by atoms with Gasteiger partial charge in [0.05, 0.1) is 18.4 Å². The highest BCUT2D eigenvalue weighted by Gasteiger charge is 2.19. The van der Waals surface area contributed by atoms with Gasteiger partial charge in [-0.15, -0.1) is 0 Å². The summed E-state index contributed by atoms with van der Waals surface area (Å²) in [6.45, 7) is 1.50. The fraction of sp³-hybridized carbons (Fsp3) is 1.00. The lowest BCUT2D eigenvalue weighted by atomic mass is 9.98. The van der Waals surface area contributed by atoms with E-state index in [1.807, 2.05) is 6.92 Å². The molecule has 0 bridgehead atoms. The molecule has 0 amide bonds. The van der Waals surface area contributed by atoms with Crippen LogP contribution in [0.4, 0.5) is 4.39 Å². The predicted molar refractivity (Wildman–Crippen MR) is 51.8 cm³/mol. The summed E-state index contributed by atoms with van der Waals surface area (Å²) in [5.74, 6) is 0. The summed E-state index contributed by atoms with van der Waals surface area (Å²) < 4.78 is 11.9. The average Bonchev–Trinajstić information content (AvgIpc) is 2.02. The second-order valence-corrected chi connectivity index (χ2v) is 3.65. The first kappa shape index (κ1) is 12.8. The molecule has 0 radical (unpaired) electrons. The van der Waals surface area contributed by atoms with Gasteiger partial charge in [-0.3, -0.25) is 4.39 Å². The van der Waals surface area contributed by atoms with Gasteiger partial charge in [0.15, 0.2) is 0 Å². The van der Waals surface area contributed by atoms with Crippen molar-refractivity contribution in [2.75, 3.05) is 6.67 Å². The molecule has 1 atom stereocenters. The second-order valence-electron chi connectivity index (χ2n) is 3.65. The second kappa shape index (κ2) is 6.29. The number of hydrogen-bond donors (Lipinski definition) is 3. The van der Waals surface area contributed by atoms with Crippen molar-refractivity contribution in [3.8, 4) is 0 Å². The van der Waals surface area contributed by atoms with Crippen molar-refractivity contribution in [3.63, 3.8) is 0 Å². The van der Waals surface area contributed by atoms with Gasteiger partial charge >= 0.3 is 0 Å². The van der Waals surface area contributed by atoms with Crippen molar-refractivity contribution in [3.05, 3.63) is 0 Å². The van der Waals surface area contributed by atoms with Crippen LogP contribution in [-0.4, -0.2) is 23.5 Å². The molecule has 0 aromatic carbocycles. The molecule has 0 aliphatic carbocycles.